The van der Waals surface area contributed by atoms with E-state index in [1.54, 1.807) is 0 Å². The fourth-order valence-electron chi connectivity index (χ4n) is 5.29. The second-order valence-electron chi connectivity index (χ2n) is 11.7. The molecule has 16 nitrogen and oxygen atoms in total. The number of rotatable bonds is 8. The molecule has 0 spiro atoms. The number of anilines is 4. The van der Waals surface area contributed by atoms with Gasteiger partial charge in [0.15, 0.2) is 0 Å². The molecule has 0 atom stereocenters. The maximum absolute atomic E-state index is 12.8. The minimum atomic E-state index is -4.64. The van der Waals surface area contributed by atoms with Crippen LogP contribution in [0.5, 0.6) is 11.5 Å². The lowest BCUT2D eigenvalue weighted by atomic mass is 10.1. The highest BCUT2D eigenvalue weighted by Gasteiger charge is 2.19. The number of hydrogen-bond donors (Lipinski definition) is 8. The van der Waals surface area contributed by atoms with E-state index in [1.165, 1.54) is 84.9 Å². The molecule has 0 aliphatic heterocycles. The van der Waals surface area contributed by atoms with Gasteiger partial charge in [-0.2, -0.15) is 16.8 Å². The van der Waals surface area contributed by atoms with Gasteiger partial charge in [0.2, 0.25) is 0 Å². The van der Waals surface area contributed by atoms with E-state index in [2.05, 4.69) is 21.3 Å². The molecule has 6 aromatic carbocycles. The third kappa shape index (κ3) is 8.27. The smallest absolute Gasteiger partial charge is 0.314 e. The molecular formula is C36H26N4O12S2. The van der Waals surface area contributed by atoms with Crippen molar-refractivity contribution in [1.29, 1.82) is 0 Å². The molecule has 0 aliphatic carbocycles. The normalized spacial score (nSPS) is 11.5. The number of hydrogen-bond acceptors (Lipinski definition) is 10. The summed E-state index contributed by atoms with van der Waals surface area (Å²) in [6, 6.07) is 24.6. The molecule has 0 fully saturated rings. The summed E-state index contributed by atoms with van der Waals surface area (Å²) in [6.07, 6.45) is 0. The number of benzene rings is 6. The maximum atomic E-state index is 12.8. The molecule has 0 saturated heterocycles. The summed E-state index contributed by atoms with van der Waals surface area (Å²) in [4.78, 5) is 49.4. The van der Waals surface area contributed by atoms with Crippen LogP contribution in [-0.4, -0.2) is 59.8 Å². The highest BCUT2D eigenvalue weighted by atomic mass is 32.2. The molecule has 8 N–H and O–H groups in total. The Morgan fingerprint density at radius 2 is 0.741 bits per heavy atom. The fraction of sp³-hybridized carbons (Fsp3) is 0. The van der Waals surface area contributed by atoms with E-state index >= 15 is 0 Å². The van der Waals surface area contributed by atoms with Crippen LogP contribution in [0.3, 0.4) is 0 Å². The zero-order valence-electron chi connectivity index (χ0n) is 27.3. The Kier molecular flexibility index (Phi) is 9.76. The number of nitrogens with one attached hydrogen (secondary N) is 4. The topological polar surface area (TPSA) is 266 Å². The van der Waals surface area contributed by atoms with Crippen molar-refractivity contribution in [2.45, 2.75) is 9.79 Å². The Labute approximate surface area is 305 Å². The highest BCUT2D eigenvalue weighted by molar-refractivity contribution is 7.86. The Morgan fingerprint density at radius 3 is 1.07 bits per heavy atom. The first-order chi connectivity index (χ1) is 25.4. The number of carbonyl (C=O) groups is 4. The minimum absolute atomic E-state index is 0.195. The van der Waals surface area contributed by atoms with Gasteiger partial charge in [0, 0.05) is 33.9 Å². The average molecular weight is 771 g/mol. The molecule has 0 saturated carbocycles. The lowest BCUT2D eigenvalue weighted by Crippen LogP contribution is -2.29. The van der Waals surface area contributed by atoms with E-state index in [0.717, 1.165) is 24.3 Å². The largest absolute Gasteiger partial charge is 0.506 e. The maximum Gasteiger partial charge on any atom is 0.314 e. The first-order valence-electron chi connectivity index (χ1n) is 15.4. The van der Waals surface area contributed by atoms with Gasteiger partial charge in [-0.25, -0.2) is 0 Å². The van der Waals surface area contributed by atoms with Crippen LogP contribution in [0.4, 0.5) is 22.7 Å². The molecule has 0 heterocycles. The zero-order chi connectivity index (χ0) is 38.9. The molecule has 54 heavy (non-hydrogen) atoms. The van der Waals surface area contributed by atoms with Crippen molar-refractivity contribution in [2.24, 2.45) is 0 Å². The molecular weight excluding hydrogens is 745 g/mol. The van der Waals surface area contributed by atoms with Crippen molar-refractivity contribution in [3.63, 3.8) is 0 Å². The summed E-state index contributed by atoms with van der Waals surface area (Å²) >= 11 is 0. The van der Waals surface area contributed by atoms with Gasteiger partial charge in [-0.05, 0) is 119 Å². The van der Waals surface area contributed by atoms with Gasteiger partial charge in [-0.15, -0.1) is 0 Å². The Balaban J connectivity index is 1.02. The van der Waals surface area contributed by atoms with Crippen molar-refractivity contribution in [1.82, 2.24) is 0 Å². The summed E-state index contributed by atoms with van der Waals surface area (Å²) < 4.78 is 64.3. The van der Waals surface area contributed by atoms with Gasteiger partial charge in [0.05, 0.1) is 0 Å². The average Bonchev–Trinajstić information content (AvgIpc) is 3.10. The van der Waals surface area contributed by atoms with Gasteiger partial charge in [-0.1, -0.05) is 12.1 Å². The van der Waals surface area contributed by atoms with Gasteiger partial charge in [0.1, 0.15) is 21.3 Å². The quantitative estimate of drug-likeness (QED) is 0.0753. The van der Waals surface area contributed by atoms with E-state index in [-0.39, 0.29) is 22.5 Å². The minimum Gasteiger partial charge on any atom is -0.506 e. The first-order valence-corrected chi connectivity index (χ1v) is 18.3. The highest BCUT2D eigenvalue weighted by Crippen LogP contribution is 2.32. The van der Waals surface area contributed by atoms with Crippen LogP contribution >= 0.6 is 0 Å². The van der Waals surface area contributed by atoms with Crippen molar-refractivity contribution in [3.8, 4) is 11.5 Å². The Hall–Kier alpha value is -6.86. The van der Waals surface area contributed by atoms with Gasteiger partial charge < -0.3 is 31.5 Å². The number of carbonyl (C=O) groups excluding carboxylic acids is 4. The van der Waals surface area contributed by atoms with Gasteiger partial charge >= 0.3 is 11.8 Å². The van der Waals surface area contributed by atoms with Gasteiger partial charge in [0.25, 0.3) is 32.1 Å². The molecule has 0 aromatic heterocycles. The van der Waals surface area contributed by atoms with Crippen LogP contribution < -0.4 is 21.3 Å². The van der Waals surface area contributed by atoms with E-state index < -0.39 is 65.2 Å². The standard InChI is InChI=1S/C36H26N4O12S2/c41-29-15-23-13-27(11-5-21(23)17-31(29)53(47,48)49)39-33(43)19-1-7-25(8-2-19)37-35(45)36(46)38-26-9-3-20(4-10-26)34(44)40-28-12-6-22-18-32(54(50,51)52)30(42)16-24(22)14-28/h1-18,41-42H,(H,37,45)(H,38,46)(H,39,43)(H,40,44)(H,47,48,49)(H,50,51,52). The predicted molar refractivity (Wildman–Crippen MR) is 197 cm³/mol. The second kappa shape index (κ2) is 14.3. The van der Waals surface area contributed by atoms with E-state index in [1.807, 2.05) is 0 Å². The van der Waals surface area contributed by atoms with Crippen LogP contribution in [0.25, 0.3) is 21.5 Å². The van der Waals surface area contributed by atoms with Crippen LogP contribution in [0, 0.1) is 0 Å². The predicted octanol–water partition coefficient (Wildman–Crippen LogP) is 4.98. The number of phenols is 2. The summed E-state index contributed by atoms with van der Waals surface area (Å²) in [5, 5.41) is 31.7. The summed E-state index contributed by atoms with van der Waals surface area (Å²) in [7, 11) is -9.28. The molecule has 6 aromatic rings. The van der Waals surface area contributed by atoms with Crippen molar-refractivity contribution < 1.29 is 55.3 Å². The lowest BCUT2D eigenvalue weighted by Gasteiger charge is -2.10. The van der Waals surface area contributed by atoms with Crippen LogP contribution in [0.2, 0.25) is 0 Å². The van der Waals surface area contributed by atoms with E-state index in [9.17, 15) is 55.3 Å². The monoisotopic (exact) mass is 770 g/mol. The van der Waals surface area contributed by atoms with Crippen LogP contribution in [-0.2, 0) is 29.8 Å². The summed E-state index contributed by atoms with van der Waals surface area (Å²) in [5.74, 6) is -4.42. The third-order valence-corrected chi connectivity index (χ3v) is 9.69. The van der Waals surface area contributed by atoms with E-state index in [0.29, 0.717) is 32.9 Å². The lowest BCUT2D eigenvalue weighted by molar-refractivity contribution is -0.132. The number of aromatic hydroxyl groups is 2. The number of phenolic OH excluding ortho intramolecular Hbond substituents is 2. The summed E-state index contributed by atoms with van der Waals surface area (Å²) in [5.41, 5.74) is 1.44. The van der Waals surface area contributed by atoms with Crippen molar-refractivity contribution in [2.75, 3.05) is 21.3 Å². The summed E-state index contributed by atoms with van der Waals surface area (Å²) in [6.45, 7) is 0. The Bertz CT molecular complexity index is 2560. The van der Waals surface area contributed by atoms with Crippen molar-refractivity contribution in [3.05, 3.63) is 120 Å². The molecule has 0 unspecified atom stereocenters. The third-order valence-electron chi connectivity index (χ3n) is 7.92. The molecule has 4 amide bonds. The molecule has 18 heteroatoms. The molecule has 274 valence electrons. The molecule has 0 bridgehead atoms. The zero-order valence-corrected chi connectivity index (χ0v) is 28.9. The number of amides is 4. The van der Waals surface area contributed by atoms with Crippen molar-refractivity contribution >= 4 is 88.2 Å². The van der Waals surface area contributed by atoms with Crippen LogP contribution in [0.15, 0.2) is 119 Å². The van der Waals surface area contributed by atoms with Crippen LogP contribution in [0.1, 0.15) is 20.7 Å². The molecule has 0 radical (unpaired) electrons. The second-order valence-corrected chi connectivity index (χ2v) is 14.5. The molecule has 6 rings (SSSR count). The first kappa shape index (κ1) is 36.9. The van der Waals surface area contributed by atoms with Gasteiger partial charge in [-0.3, -0.25) is 28.3 Å². The van der Waals surface area contributed by atoms with E-state index in [4.69, 9.17) is 0 Å². The fourth-order valence-corrected chi connectivity index (χ4v) is 6.49. The molecule has 0 aliphatic rings. The SMILES string of the molecule is O=C(Nc1ccc(C(=O)Nc2ccc3cc(S(=O)(=O)O)c(O)cc3c2)cc1)C(=O)Nc1ccc(C(=O)Nc2ccc3cc(S(=O)(=O)O)c(O)cc3c2)cc1. The Morgan fingerprint density at radius 1 is 0.407 bits per heavy atom. The number of fused-ring (bicyclic) bond motifs is 2.